The van der Waals surface area contributed by atoms with Gasteiger partial charge in [0.25, 0.3) is 0 Å². The summed E-state index contributed by atoms with van der Waals surface area (Å²) in [6.07, 6.45) is -4.35. The third-order valence-electron chi connectivity index (χ3n) is 8.02. The van der Waals surface area contributed by atoms with Crippen molar-refractivity contribution in [2.75, 3.05) is 29.0 Å². The molecule has 3 unspecified atom stereocenters. The minimum absolute atomic E-state index is 0.0311. The first-order chi connectivity index (χ1) is 21.2. The van der Waals surface area contributed by atoms with E-state index < -0.39 is 53.2 Å². The SMILES string of the molecule is Cc1ccc(NC(=O)C2CN3c4nc(C)c(C)c5c(F)c(-c6cc(N)cc(F)c6OC(F)(F)F)nc(c45)OC(C)C3CN2)cn1. The lowest BCUT2D eigenvalue weighted by molar-refractivity contribution is -0.275. The van der Waals surface area contributed by atoms with Gasteiger partial charge in [-0.25, -0.2) is 18.7 Å². The Morgan fingerprint density at radius 2 is 1.91 bits per heavy atom. The van der Waals surface area contributed by atoms with E-state index in [1.165, 1.54) is 0 Å². The highest BCUT2D eigenvalue weighted by Crippen LogP contribution is 2.46. The molecule has 15 heteroatoms. The zero-order chi connectivity index (χ0) is 32.4. The third-order valence-corrected chi connectivity index (χ3v) is 8.02. The van der Waals surface area contributed by atoms with Crippen molar-refractivity contribution < 1.29 is 36.2 Å². The number of hydrogen-bond acceptors (Lipinski definition) is 9. The number of carbonyl (C=O) groups excluding carboxylic acids is 1. The normalized spacial score (nSPS) is 19.5. The van der Waals surface area contributed by atoms with Crippen LogP contribution in [0, 0.1) is 32.4 Å². The highest BCUT2D eigenvalue weighted by atomic mass is 19.4. The molecule has 236 valence electrons. The molecule has 4 aromatic rings. The molecule has 2 aliphatic rings. The number of nitrogens with two attached hydrogens (primary N) is 1. The Morgan fingerprint density at radius 3 is 2.60 bits per heavy atom. The molecule has 0 radical (unpaired) electrons. The number of alkyl halides is 3. The molecule has 4 N–H and O–H groups in total. The largest absolute Gasteiger partial charge is 0.573 e. The topological polar surface area (TPSA) is 128 Å². The van der Waals surface area contributed by atoms with E-state index in [-0.39, 0.29) is 47.2 Å². The van der Waals surface area contributed by atoms with Crippen molar-refractivity contribution in [1.29, 1.82) is 0 Å². The summed E-state index contributed by atoms with van der Waals surface area (Å²) < 4.78 is 81.4. The monoisotopic (exact) mass is 629 g/mol. The maximum absolute atomic E-state index is 16.6. The van der Waals surface area contributed by atoms with Gasteiger partial charge in [-0.05, 0) is 51.5 Å². The third kappa shape index (κ3) is 5.52. The molecule has 1 amide bonds. The van der Waals surface area contributed by atoms with Crippen LogP contribution in [0.1, 0.15) is 23.9 Å². The fourth-order valence-electron chi connectivity index (χ4n) is 5.70. The van der Waals surface area contributed by atoms with Gasteiger partial charge in [-0.3, -0.25) is 9.78 Å². The number of halogens is 5. The summed E-state index contributed by atoms with van der Waals surface area (Å²) >= 11 is 0. The molecule has 3 aromatic heterocycles. The number of benzene rings is 1. The van der Waals surface area contributed by atoms with Gasteiger partial charge in [0.05, 0.1) is 28.9 Å². The molecule has 5 heterocycles. The Balaban J connectivity index is 1.49. The van der Waals surface area contributed by atoms with E-state index in [4.69, 9.17) is 15.5 Å². The van der Waals surface area contributed by atoms with E-state index in [0.717, 1.165) is 11.8 Å². The molecular formula is C30H28F5N7O3. The summed E-state index contributed by atoms with van der Waals surface area (Å²) in [5.41, 5.74) is 6.30. The number of amides is 1. The number of piperazine rings is 1. The van der Waals surface area contributed by atoms with Crippen LogP contribution in [-0.4, -0.2) is 58.5 Å². The lowest BCUT2D eigenvalue weighted by Gasteiger charge is -2.41. The molecule has 0 spiro atoms. The van der Waals surface area contributed by atoms with Crippen LogP contribution in [0.2, 0.25) is 0 Å². The van der Waals surface area contributed by atoms with Crippen molar-refractivity contribution in [3.63, 3.8) is 0 Å². The van der Waals surface area contributed by atoms with E-state index in [0.29, 0.717) is 23.0 Å². The molecule has 3 atom stereocenters. The minimum Gasteiger partial charge on any atom is -0.472 e. The van der Waals surface area contributed by atoms with Crippen LogP contribution in [0.15, 0.2) is 30.5 Å². The second-order valence-corrected chi connectivity index (χ2v) is 11.1. The van der Waals surface area contributed by atoms with Crippen LogP contribution in [0.3, 0.4) is 0 Å². The number of fused-ring (bicyclic) bond motifs is 2. The molecule has 0 saturated carbocycles. The van der Waals surface area contributed by atoms with Gasteiger partial charge >= 0.3 is 6.36 Å². The lowest BCUT2D eigenvalue weighted by atomic mass is 9.99. The number of nitrogens with one attached hydrogen (secondary N) is 2. The number of hydrogen-bond donors (Lipinski definition) is 3. The van der Waals surface area contributed by atoms with Gasteiger partial charge in [0.2, 0.25) is 11.8 Å². The van der Waals surface area contributed by atoms with Crippen molar-refractivity contribution in [3.8, 4) is 22.9 Å². The quantitative estimate of drug-likeness (QED) is 0.213. The summed E-state index contributed by atoms with van der Waals surface area (Å²) in [4.78, 5) is 28.4. The molecule has 1 saturated heterocycles. The average molecular weight is 630 g/mol. The lowest BCUT2D eigenvalue weighted by Crippen LogP contribution is -2.63. The maximum atomic E-state index is 16.6. The van der Waals surface area contributed by atoms with Gasteiger partial charge in [0.1, 0.15) is 23.7 Å². The van der Waals surface area contributed by atoms with Crippen LogP contribution >= 0.6 is 0 Å². The minimum atomic E-state index is -5.28. The highest BCUT2D eigenvalue weighted by Gasteiger charge is 2.41. The Bertz CT molecular complexity index is 1830. The van der Waals surface area contributed by atoms with Crippen LogP contribution in [0.5, 0.6) is 11.6 Å². The predicted octanol–water partition coefficient (Wildman–Crippen LogP) is 4.94. The van der Waals surface area contributed by atoms with Gasteiger partial charge in [0.15, 0.2) is 17.4 Å². The van der Waals surface area contributed by atoms with Crippen LogP contribution < -0.4 is 30.7 Å². The summed E-state index contributed by atoms with van der Waals surface area (Å²) in [6, 6.07) is 4.00. The first-order valence-corrected chi connectivity index (χ1v) is 14.0. The van der Waals surface area contributed by atoms with Crippen LogP contribution in [-0.2, 0) is 4.79 Å². The Morgan fingerprint density at radius 1 is 1.16 bits per heavy atom. The molecule has 0 aliphatic carbocycles. The number of nitrogen functional groups attached to an aromatic ring is 1. The molecular weight excluding hydrogens is 601 g/mol. The fourth-order valence-corrected chi connectivity index (χ4v) is 5.70. The van der Waals surface area contributed by atoms with Gasteiger partial charge in [-0.2, -0.15) is 0 Å². The first kappa shape index (κ1) is 30.2. The second kappa shape index (κ2) is 11.0. The number of anilines is 3. The molecule has 1 aromatic carbocycles. The number of nitrogens with zero attached hydrogens (tertiary/aromatic N) is 4. The predicted molar refractivity (Wildman–Crippen MR) is 156 cm³/mol. The van der Waals surface area contributed by atoms with Gasteiger partial charge in [-0.1, -0.05) is 0 Å². The Kier molecular flexibility index (Phi) is 7.38. The molecule has 1 fully saturated rings. The second-order valence-electron chi connectivity index (χ2n) is 11.1. The van der Waals surface area contributed by atoms with E-state index in [1.54, 1.807) is 39.1 Å². The van der Waals surface area contributed by atoms with Crippen molar-refractivity contribution in [2.24, 2.45) is 0 Å². The molecule has 6 rings (SSSR count). The standard InChI is InChI=1S/C30H28F5N7O3/c1-12-5-6-17(9-37-12)40-28(43)20-11-42-21(10-38-20)15(4)44-29-23-22(13(2)14(3)39-27(23)42)24(32)25(41-29)18-7-16(36)8-19(31)26(18)45-30(33,34)35/h5-9,15,20-21,38H,10-11,36H2,1-4H3,(H,40,43). The molecule has 0 bridgehead atoms. The fraction of sp³-hybridized carbons (Fsp3) is 0.333. The molecule has 45 heavy (non-hydrogen) atoms. The summed E-state index contributed by atoms with van der Waals surface area (Å²) in [5.74, 6) is -3.92. The van der Waals surface area contributed by atoms with E-state index in [1.807, 2.05) is 11.8 Å². The van der Waals surface area contributed by atoms with Crippen molar-refractivity contribution in [3.05, 3.63) is 59.0 Å². The summed E-state index contributed by atoms with van der Waals surface area (Å²) in [6.45, 7) is 7.23. The molecule has 10 nitrogen and oxygen atoms in total. The summed E-state index contributed by atoms with van der Waals surface area (Å²) in [5, 5.41) is 6.21. The van der Waals surface area contributed by atoms with E-state index >= 15 is 4.39 Å². The van der Waals surface area contributed by atoms with Gasteiger partial charge in [-0.15, -0.1) is 13.2 Å². The van der Waals surface area contributed by atoms with Crippen molar-refractivity contribution in [2.45, 2.75) is 52.2 Å². The molecule has 2 aliphatic heterocycles. The van der Waals surface area contributed by atoms with Crippen LogP contribution in [0.4, 0.5) is 39.1 Å². The Hall–Kier alpha value is -4.79. The van der Waals surface area contributed by atoms with E-state index in [9.17, 15) is 22.4 Å². The van der Waals surface area contributed by atoms with Gasteiger partial charge < -0.3 is 30.7 Å². The number of rotatable bonds is 4. The first-order valence-electron chi connectivity index (χ1n) is 14.0. The summed E-state index contributed by atoms with van der Waals surface area (Å²) in [7, 11) is 0. The maximum Gasteiger partial charge on any atom is 0.573 e. The average Bonchev–Trinajstić information content (AvgIpc) is 3.08. The van der Waals surface area contributed by atoms with Gasteiger partial charge in [0, 0.05) is 41.6 Å². The number of aromatic nitrogens is 3. The van der Waals surface area contributed by atoms with Crippen LogP contribution in [0.25, 0.3) is 22.0 Å². The number of ether oxygens (including phenoxy) is 2. The number of carbonyl (C=O) groups is 1. The van der Waals surface area contributed by atoms with Crippen molar-refractivity contribution >= 4 is 33.9 Å². The highest BCUT2D eigenvalue weighted by molar-refractivity contribution is 6.02. The van der Waals surface area contributed by atoms with E-state index in [2.05, 4.69) is 25.3 Å². The zero-order valence-electron chi connectivity index (χ0n) is 24.5. The zero-order valence-corrected chi connectivity index (χ0v) is 24.5. The number of aryl methyl sites for hydroxylation is 3. The smallest absolute Gasteiger partial charge is 0.472 e. The number of pyridine rings is 3. The Labute approximate surface area is 253 Å². The van der Waals surface area contributed by atoms with Crippen molar-refractivity contribution in [1.82, 2.24) is 20.3 Å².